The molecule has 5 heteroatoms. The topological polar surface area (TPSA) is 50.8 Å². The summed E-state index contributed by atoms with van der Waals surface area (Å²) < 4.78 is 10.2. The summed E-state index contributed by atoms with van der Waals surface area (Å²) in [4.78, 5) is 13.9. The Morgan fingerprint density at radius 1 is 1.39 bits per heavy atom. The first-order valence-electron chi connectivity index (χ1n) is 6.81. The van der Waals surface area contributed by atoms with E-state index in [1.54, 1.807) is 7.11 Å². The van der Waals surface area contributed by atoms with E-state index in [1.165, 1.54) is 12.8 Å². The quantitative estimate of drug-likeness (QED) is 0.717. The number of rotatable bonds is 5. The van der Waals surface area contributed by atoms with E-state index in [0.29, 0.717) is 18.6 Å². The predicted octanol–water partition coefficient (Wildman–Crippen LogP) is 0.252. The molecule has 1 N–H and O–H groups in total. The van der Waals surface area contributed by atoms with Gasteiger partial charge < -0.3 is 19.7 Å². The van der Waals surface area contributed by atoms with Crippen LogP contribution in [0.5, 0.6) is 0 Å². The molecule has 0 aromatic rings. The number of hydrogen-bond donors (Lipinski definition) is 1. The lowest BCUT2D eigenvalue weighted by atomic mass is 9.80. The van der Waals surface area contributed by atoms with Crippen molar-refractivity contribution in [3.8, 4) is 0 Å². The van der Waals surface area contributed by atoms with Crippen LogP contribution < -0.4 is 5.32 Å². The Morgan fingerprint density at radius 3 is 3.00 bits per heavy atom. The summed E-state index contributed by atoms with van der Waals surface area (Å²) >= 11 is 0. The maximum absolute atomic E-state index is 12.0. The molecule has 0 aliphatic carbocycles. The van der Waals surface area contributed by atoms with E-state index in [9.17, 15) is 4.79 Å². The van der Waals surface area contributed by atoms with Crippen LogP contribution in [0, 0.1) is 5.41 Å². The summed E-state index contributed by atoms with van der Waals surface area (Å²) in [6, 6.07) is 0. The molecule has 0 saturated carbocycles. The first-order chi connectivity index (χ1) is 8.76. The highest BCUT2D eigenvalue weighted by Gasteiger charge is 2.40. The van der Waals surface area contributed by atoms with Crippen LogP contribution in [-0.4, -0.2) is 63.9 Å². The Bertz CT molecular complexity index is 277. The minimum Gasteiger partial charge on any atom is -0.382 e. The second kappa shape index (κ2) is 6.50. The number of methoxy groups -OCH3 is 1. The number of likely N-dealkylation sites (tertiary alicyclic amines) is 1. The van der Waals surface area contributed by atoms with Crippen molar-refractivity contribution in [1.29, 1.82) is 0 Å². The molecule has 5 nitrogen and oxygen atoms in total. The fourth-order valence-electron chi connectivity index (χ4n) is 2.92. The molecule has 104 valence electrons. The van der Waals surface area contributed by atoms with Crippen LogP contribution in [0.2, 0.25) is 0 Å². The third-order valence-corrected chi connectivity index (χ3v) is 4.01. The third-order valence-electron chi connectivity index (χ3n) is 4.01. The van der Waals surface area contributed by atoms with Gasteiger partial charge in [0.05, 0.1) is 13.2 Å². The Kier molecular flexibility index (Phi) is 4.97. The van der Waals surface area contributed by atoms with Crippen molar-refractivity contribution < 1.29 is 14.3 Å². The van der Waals surface area contributed by atoms with E-state index in [-0.39, 0.29) is 12.5 Å². The summed E-state index contributed by atoms with van der Waals surface area (Å²) in [6.45, 7) is 5.18. The highest BCUT2D eigenvalue weighted by atomic mass is 16.5. The number of nitrogens with one attached hydrogen (secondary N) is 1. The molecule has 0 aromatic carbocycles. The van der Waals surface area contributed by atoms with Gasteiger partial charge >= 0.3 is 0 Å². The molecule has 0 radical (unpaired) electrons. The Balaban J connectivity index is 1.72. The standard InChI is InChI=1S/C13H24N2O3/c1-17-7-8-18-9-12(16)15-6-4-13(11-15)3-2-5-14-10-13/h14H,2-11H2,1H3. The maximum atomic E-state index is 12.0. The normalized spacial score (nSPS) is 27.9. The molecular formula is C13H24N2O3. The van der Waals surface area contributed by atoms with Crippen molar-refractivity contribution in [2.45, 2.75) is 19.3 Å². The van der Waals surface area contributed by atoms with Crippen molar-refractivity contribution in [3.05, 3.63) is 0 Å². The summed E-state index contributed by atoms with van der Waals surface area (Å²) in [5, 5.41) is 3.45. The predicted molar refractivity (Wildman–Crippen MR) is 68.4 cm³/mol. The van der Waals surface area contributed by atoms with Crippen molar-refractivity contribution in [2.24, 2.45) is 5.41 Å². The average molecular weight is 256 g/mol. The van der Waals surface area contributed by atoms with E-state index in [1.807, 2.05) is 4.90 Å². The molecule has 2 rings (SSSR count). The molecule has 2 aliphatic rings. The molecule has 0 aromatic heterocycles. The van der Waals surface area contributed by atoms with Gasteiger partial charge in [0.25, 0.3) is 0 Å². The van der Waals surface area contributed by atoms with Gasteiger partial charge in [-0.05, 0) is 25.8 Å². The van der Waals surface area contributed by atoms with Gasteiger partial charge in [0, 0.05) is 32.2 Å². The van der Waals surface area contributed by atoms with Gasteiger partial charge in [-0.1, -0.05) is 0 Å². The van der Waals surface area contributed by atoms with Crippen LogP contribution in [-0.2, 0) is 14.3 Å². The van der Waals surface area contributed by atoms with E-state index >= 15 is 0 Å². The number of hydrogen-bond acceptors (Lipinski definition) is 4. The lowest BCUT2D eigenvalue weighted by Crippen LogP contribution is -2.43. The van der Waals surface area contributed by atoms with Crippen LogP contribution >= 0.6 is 0 Å². The van der Waals surface area contributed by atoms with Crippen LogP contribution in [0.3, 0.4) is 0 Å². The van der Waals surface area contributed by atoms with Crippen LogP contribution in [0.25, 0.3) is 0 Å². The third kappa shape index (κ3) is 3.43. The SMILES string of the molecule is COCCOCC(=O)N1CCC2(CCCNC2)C1. The molecule has 2 heterocycles. The maximum Gasteiger partial charge on any atom is 0.248 e. The summed E-state index contributed by atoms with van der Waals surface area (Å²) in [7, 11) is 1.63. The number of piperidine rings is 1. The molecule has 1 atom stereocenters. The van der Waals surface area contributed by atoms with Crippen molar-refractivity contribution >= 4 is 5.91 Å². The zero-order valence-corrected chi connectivity index (χ0v) is 11.2. The second-order valence-electron chi connectivity index (χ2n) is 5.39. The van der Waals surface area contributed by atoms with Crippen LogP contribution in [0.4, 0.5) is 0 Å². The molecule has 2 aliphatic heterocycles. The van der Waals surface area contributed by atoms with Crippen LogP contribution in [0.15, 0.2) is 0 Å². The van der Waals surface area contributed by atoms with Gasteiger partial charge in [0.2, 0.25) is 5.91 Å². The fourth-order valence-corrected chi connectivity index (χ4v) is 2.92. The number of carbonyl (C=O) groups is 1. The van der Waals surface area contributed by atoms with Gasteiger partial charge in [0.1, 0.15) is 6.61 Å². The van der Waals surface area contributed by atoms with Gasteiger partial charge in [-0.25, -0.2) is 0 Å². The molecule has 1 amide bonds. The molecule has 1 spiro atoms. The Labute approximate surface area is 109 Å². The minimum absolute atomic E-state index is 0.119. The van der Waals surface area contributed by atoms with E-state index < -0.39 is 0 Å². The zero-order chi connectivity index (χ0) is 12.8. The smallest absolute Gasteiger partial charge is 0.248 e. The highest BCUT2D eigenvalue weighted by Crippen LogP contribution is 2.36. The van der Waals surface area contributed by atoms with Gasteiger partial charge in [-0.3, -0.25) is 4.79 Å². The van der Waals surface area contributed by atoms with E-state index in [0.717, 1.165) is 32.6 Å². The Morgan fingerprint density at radius 2 is 2.28 bits per heavy atom. The summed E-state index contributed by atoms with van der Waals surface area (Å²) in [5.41, 5.74) is 0.334. The number of amides is 1. The first kappa shape index (κ1) is 13.8. The van der Waals surface area contributed by atoms with Gasteiger partial charge in [-0.15, -0.1) is 0 Å². The van der Waals surface area contributed by atoms with Gasteiger partial charge in [-0.2, -0.15) is 0 Å². The lowest BCUT2D eigenvalue weighted by Gasteiger charge is -2.33. The van der Waals surface area contributed by atoms with E-state index in [4.69, 9.17) is 9.47 Å². The van der Waals surface area contributed by atoms with E-state index in [2.05, 4.69) is 5.32 Å². The molecular weight excluding hydrogens is 232 g/mol. The van der Waals surface area contributed by atoms with Gasteiger partial charge in [0.15, 0.2) is 0 Å². The summed E-state index contributed by atoms with van der Waals surface area (Å²) in [6.07, 6.45) is 3.60. The minimum atomic E-state index is 0.119. The molecule has 1 unspecified atom stereocenters. The molecule has 18 heavy (non-hydrogen) atoms. The largest absolute Gasteiger partial charge is 0.382 e. The van der Waals surface area contributed by atoms with Crippen LogP contribution in [0.1, 0.15) is 19.3 Å². The number of carbonyl (C=O) groups excluding carboxylic acids is 1. The van der Waals surface area contributed by atoms with Crippen molar-refractivity contribution in [3.63, 3.8) is 0 Å². The molecule has 2 saturated heterocycles. The number of nitrogens with zero attached hydrogens (tertiary/aromatic N) is 1. The summed E-state index contributed by atoms with van der Waals surface area (Å²) in [5.74, 6) is 0.119. The Hall–Kier alpha value is -0.650. The highest BCUT2D eigenvalue weighted by molar-refractivity contribution is 5.77. The zero-order valence-electron chi connectivity index (χ0n) is 11.2. The lowest BCUT2D eigenvalue weighted by molar-refractivity contribution is -0.136. The average Bonchev–Trinajstić information content (AvgIpc) is 2.79. The van der Waals surface area contributed by atoms with Crippen molar-refractivity contribution in [2.75, 3.05) is 53.1 Å². The molecule has 2 fully saturated rings. The monoisotopic (exact) mass is 256 g/mol. The number of ether oxygens (including phenoxy) is 2. The fraction of sp³-hybridized carbons (Fsp3) is 0.923. The first-order valence-corrected chi connectivity index (χ1v) is 6.81. The van der Waals surface area contributed by atoms with Crippen molar-refractivity contribution in [1.82, 2.24) is 10.2 Å². The molecule has 0 bridgehead atoms. The second-order valence-corrected chi connectivity index (χ2v) is 5.39.